The van der Waals surface area contributed by atoms with Crippen LogP contribution in [0.5, 0.6) is 0 Å². The molecule has 3 aromatic carbocycles. The Morgan fingerprint density at radius 1 is 0.349 bits per heavy atom. The van der Waals surface area contributed by atoms with E-state index in [9.17, 15) is 28.8 Å². The van der Waals surface area contributed by atoms with Crippen LogP contribution in [0.3, 0.4) is 0 Å². The lowest BCUT2D eigenvalue weighted by molar-refractivity contribution is 0.0515. The van der Waals surface area contributed by atoms with Gasteiger partial charge in [-0.1, -0.05) is 49.7 Å². The Morgan fingerprint density at radius 3 is 0.767 bits per heavy atom. The van der Waals surface area contributed by atoms with Crippen molar-refractivity contribution in [2.24, 2.45) is 22.9 Å². The molecule has 0 aromatic heterocycles. The number of hydrogen-bond donors (Lipinski definition) is 13. The van der Waals surface area contributed by atoms with Gasteiger partial charge in [0.05, 0.1) is 0 Å². The monoisotopic (exact) mass is 1210 g/mol. The van der Waals surface area contributed by atoms with Crippen LogP contribution < -0.4 is 70.8 Å². The lowest BCUT2D eigenvalue weighted by Gasteiger charge is -2.19. The van der Waals surface area contributed by atoms with Gasteiger partial charge in [0.1, 0.15) is 35.7 Å². The van der Waals surface area contributed by atoms with Crippen molar-refractivity contribution in [1.29, 1.82) is 0 Å². The average molecular weight is 1210 g/mol. The highest BCUT2D eigenvalue weighted by Crippen LogP contribution is 2.14. The maximum Gasteiger partial charge on any atom is 0.407 e. The molecule has 22 nitrogen and oxygen atoms in total. The number of nitrogens with one attached hydrogen (secondary N) is 9. The van der Waals surface area contributed by atoms with Gasteiger partial charge in [0.2, 0.25) is 0 Å². The van der Waals surface area contributed by atoms with Crippen LogP contribution >= 0.6 is 0 Å². The number of carbonyl (C=O) groups is 6. The first-order valence-electron chi connectivity index (χ1n) is 30.6. The van der Waals surface area contributed by atoms with Gasteiger partial charge in [0.15, 0.2) is 0 Å². The number of carbonyl (C=O) groups excluding carboxylic acids is 6. The lowest BCUT2D eigenvalue weighted by Crippen LogP contribution is -2.34. The number of hydrogen-bond acceptors (Lipinski definition) is 19. The van der Waals surface area contributed by atoms with Crippen LogP contribution in [0.25, 0.3) is 0 Å². The number of alkyl carbamates (subject to hydrolysis) is 3. The number of unbranched alkanes of at least 4 members (excludes halogenated alkanes) is 1. The zero-order valence-electron chi connectivity index (χ0n) is 54.0. The second-order valence-electron chi connectivity index (χ2n) is 23.6. The van der Waals surface area contributed by atoms with Gasteiger partial charge in [-0.05, 0) is 224 Å². The second kappa shape index (κ2) is 49.1. The molecular weight excluding hydrogens is 1090 g/mol. The molecule has 0 saturated heterocycles. The van der Waals surface area contributed by atoms with E-state index in [0.717, 1.165) is 137 Å². The van der Waals surface area contributed by atoms with Gasteiger partial charge >= 0.3 is 18.3 Å². The highest BCUT2D eigenvalue weighted by Gasteiger charge is 2.17. The molecule has 0 heterocycles. The molecular formula is C64H113N13O9. The number of ether oxygens (including phenoxy) is 3. The van der Waals surface area contributed by atoms with E-state index in [4.69, 9.17) is 37.1 Å². The fourth-order valence-corrected chi connectivity index (χ4v) is 7.62. The van der Waals surface area contributed by atoms with Crippen molar-refractivity contribution >= 4 is 37.1 Å². The lowest BCUT2D eigenvalue weighted by atomic mass is 10.0. The molecule has 0 spiro atoms. The van der Waals surface area contributed by atoms with E-state index in [2.05, 4.69) is 91.2 Å². The number of nitrogens with two attached hydrogens (primary N) is 4. The Hall–Kier alpha value is -5.92. The van der Waals surface area contributed by atoms with Gasteiger partial charge in [0.25, 0.3) is 0 Å². The highest BCUT2D eigenvalue weighted by molar-refractivity contribution is 5.87. The molecule has 488 valence electrons. The molecule has 0 aliphatic carbocycles. The first-order chi connectivity index (χ1) is 40.9. The molecule has 22 heteroatoms. The van der Waals surface area contributed by atoms with Crippen molar-refractivity contribution in [1.82, 2.24) is 47.9 Å². The summed E-state index contributed by atoms with van der Waals surface area (Å²) in [6, 6.07) is 17.8. The van der Waals surface area contributed by atoms with Crippen molar-refractivity contribution < 1.29 is 43.0 Å². The van der Waals surface area contributed by atoms with E-state index in [0.29, 0.717) is 61.7 Å². The van der Waals surface area contributed by atoms with Crippen molar-refractivity contribution in [2.45, 2.75) is 177 Å². The number of rotatable bonds is 38. The summed E-state index contributed by atoms with van der Waals surface area (Å²) in [4.78, 5) is 65.4. The summed E-state index contributed by atoms with van der Waals surface area (Å²) in [6.45, 7) is 33.8. The first-order valence-corrected chi connectivity index (χ1v) is 30.6. The van der Waals surface area contributed by atoms with Gasteiger partial charge in [0, 0.05) is 75.6 Å². The van der Waals surface area contributed by atoms with E-state index in [1.807, 2.05) is 62.3 Å². The summed E-state index contributed by atoms with van der Waals surface area (Å²) >= 11 is 0. The van der Waals surface area contributed by atoms with Gasteiger partial charge in [-0.2, -0.15) is 0 Å². The molecule has 0 aliphatic heterocycles. The van der Waals surface area contributed by atoms with Crippen LogP contribution in [-0.2, 0) is 53.5 Å². The van der Waals surface area contributed by atoms with E-state index in [1.54, 1.807) is 0 Å². The maximum atomic E-state index is 11.7. The van der Waals surface area contributed by atoms with Crippen LogP contribution in [0.1, 0.15) is 185 Å². The van der Waals surface area contributed by atoms with Crippen LogP contribution in [0.2, 0.25) is 0 Å². The molecule has 0 bridgehead atoms. The van der Waals surface area contributed by atoms with E-state index >= 15 is 0 Å². The molecule has 0 fully saturated rings. The molecule has 0 radical (unpaired) electrons. The Morgan fingerprint density at radius 2 is 0.558 bits per heavy atom. The molecule has 0 unspecified atom stereocenters. The van der Waals surface area contributed by atoms with Crippen molar-refractivity contribution in [3.63, 3.8) is 0 Å². The Balaban J connectivity index is 0.00000127. The molecule has 0 aliphatic rings. The smallest absolute Gasteiger partial charge is 0.407 e. The summed E-state index contributed by atoms with van der Waals surface area (Å²) in [5.41, 5.74) is 29.2. The Kier molecular flexibility index (Phi) is 45.7. The third kappa shape index (κ3) is 48.2. The normalized spacial score (nSPS) is 11.1. The molecule has 0 saturated carbocycles. The zero-order chi connectivity index (χ0) is 64.5. The Bertz CT molecular complexity index is 2110. The summed E-state index contributed by atoms with van der Waals surface area (Å²) in [5.74, 6) is 0. The molecule has 86 heavy (non-hydrogen) atoms. The van der Waals surface area contributed by atoms with Crippen LogP contribution in [-0.4, -0.2) is 139 Å². The van der Waals surface area contributed by atoms with E-state index in [-0.39, 0.29) is 18.3 Å². The fraction of sp³-hybridized carbons (Fsp3) is 0.625. The standard InChI is InChI=1S/C29H53N5O4.C18H36N6.C9H6O3.C8H18N2O2/c1-8-9-12-30-20-23-17-24(21-31-13-10-15-33-26(35)37-28(2,3)4)19-25(18-23)22-32-14-11-16-34-27(36)38-29(5,6)7;19-4-1-7-22-13-16-10-17(14-23-8-2-5-20)12-18(11-16)15-24-9-3-6-21;10-4-7-1-8(5-11)3-9(2-7)6-12;1-8(2,3)12-7(11)10-6-4-5-9/h17-19,30-32H,8-16,20-22H2,1-7H3,(H,33,35)(H,34,36);10-12,22-24H,1-9,13-15,19-21H2;1-6H;4-6,9H2,1-3H3,(H,10,11). The van der Waals surface area contributed by atoms with Gasteiger partial charge < -0.3 is 85.0 Å². The number of amides is 3. The van der Waals surface area contributed by atoms with Crippen molar-refractivity contribution in [2.75, 3.05) is 85.1 Å². The third-order valence-corrected chi connectivity index (χ3v) is 11.4. The zero-order valence-corrected chi connectivity index (χ0v) is 54.0. The fourth-order valence-electron chi connectivity index (χ4n) is 7.62. The van der Waals surface area contributed by atoms with Crippen LogP contribution in [0, 0.1) is 0 Å². The minimum absolute atomic E-state index is 0.335. The first kappa shape index (κ1) is 80.1. The minimum Gasteiger partial charge on any atom is -0.444 e. The number of benzene rings is 3. The molecule has 17 N–H and O–H groups in total. The van der Waals surface area contributed by atoms with Gasteiger partial charge in [-0.15, -0.1) is 0 Å². The van der Waals surface area contributed by atoms with Gasteiger partial charge in [-0.25, -0.2) is 14.4 Å². The number of aldehydes is 3. The van der Waals surface area contributed by atoms with Crippen LogP contribution in [0.4, 0.5) is 14.4 Å². The SMILES string of the molecule is CC(C)(C)OC(=O)NCCCN.CCCCNCc1cc(CNCCCNC(=O)OC(C)(C)C)cc(CNCCCNC(=O)OC(C)(C)C)c1.NCCCNCc1cc(CNCCCN)cc(CNCCCN)c1.O=Cc1cc(C=O)cc(C=O)c1. The summed E-state index contributed by atoms with van der Waals surface area (Å²) in [5, 5.41) is 29.1. The third-order valence-electron chi connectivity index (χ3n) is 11.4. The molecule has 3 rings (SSSR count). The topological polar surface area (TPSA) is 342 Å². The largest absolute Gasteiger partial charge is 0.444 e. The summed E-state index contributed by atoms with van der Waals surface area (Å²) < 4.78 is 15.5. The average Bonchev–Trinajstić information content (AvgIpc) is 3.49. The molecule has 3 aromatic rings. The summed E-state index contributed by atoms with van der Waals surface area (Å²) in [7, 11) is 0. The van der Waals surface area contributed by atoms with Crippen LogP contribution in [0.15, 0.2) is 54.6 Å². The molecule has 0 atom stereocenters. The van der Waals surface area contributed by atoms with Crippen molar-refractivity contribution in [3.8, 4) is 0 Å². The predicted octanol–water partition coefficient (Wildman–Crippen LogP) is 6.57. The second-order valence-corrected chi connectivity index (χ2v) is 23.6. The maximum absolute atomic E-state index is 11.7. The summed E-state index contributed by atoms with van der Waals surface area (Å²) in [6.07, 6.45) is 8.46. The predicted molar refractivity (Wildman–Crippen MR) is 347 cm³/mol. The van der Waals surface area contributed by atoms with E-state index in [1.165, 1.54) is 64.4 Å². The highest BCUT2D eigenvalue weighted by atomic mass is 16.6. The van der Waals surface area contributed by atoms with Crippen molar-refractivity contribution in [3.05, 3.63) is 105 Å². The Labute approximate surface area is 515 Å². The van der Waals surface area contributed by atoms with Gasteiger partial charge in [-0.3, -0.25) is 14.4 Å². The van der Waals surface area contributed by atoms with E-state index < -0.39 is 16.8 Å². The molecule has 3 amide bonds. The minimum atomic E-state index is -0.484. The quantitative estimate of drug-likeness (QED) is 0.0164.